The van der Waals surface area contributed by atoms with E-state index in [-0.39, 0.29) is 19.0 Å². The van der Waals surface area contributed by atoms with Crippen molar-refractivity contribution in [1.29, 1.82) is 0 Å². The topological polar surface area (TPSA) is 89.5 Å². The number of hydrogen-bond donors (Lipinski definition) is 0. The molecule has 5 aromatic carbocycles. The van der Waals surface area contributed by atoms with Gasteiger partial charge in [0.25, 0.3) is 0 Å². The van der Waals surface area contributed by atoms with Gasteiger partial charge in [-0.05, 0) is 104 Å². The predicted molar refractivity (Wildman–Crippen MR) is 212 cm³/mol. The van der Waals surface area contributed by atoms with E-state index in [1.54, 1.807) is 35.6 Å². The summed E-state index contributed by atoms with van der Waals surface area (Å²) in [5, 5.41) is 0.865. The summed E-state index contributed by atoms with van der Waals surface area (Å²) < 4.78 is 35.1. The molecule has 0 saturated carbocycles. The van der Waals surface area contributed by atoms with Crippen LogP contribution in [-0.4, -0.2) is 50.4 Å². The summed E-state index contributed by atoms with van der Waals surface area (Å²) in [4.78, 5) is 26.9. The first-order chi connectivity index (χ1) is 26.2. The highest BCUT2D eigenvalue weighted by atomic mass is 32.1. The number of hydrogen-bond acceptors (Lipinski definition) is 9. The summed E-state index contributed by atoms with van der Waals surface area (Å²) in [5.41, 5.74) is 3.74. The summed E-state index contributed by atoms with van der Waals surface area (Å²) in [5.74, 6) is 1.62. The molecule has 0 bridgehead atoms. The summed E-state index contributed by atoms with van der Waals surface area (Å²) in [6, 6.07) is 41.0. The molecule has 54 heavy (non-hydrogen) atoms. The highest BCUT2D eigenvalue weighted by molar-refractivity contribution is 7.22. The van der Waals surface area contributed by atoms with Gasteiger partial charge in [0.1, 0.15) is 49.3 Å². The Morgan fingerprint density at radius 1 is 0.593 bits per heavy atom. The second kappa shape index (κ2) is 18.5. The number of benzene rings is 5. The van der Waals surface area contributed by atoms with Crippen molar-refractivity contribution < 1.29 is 38.0 Å². The molecule has 0 amide bonds. The van der Waals surface area contributed by atoms with E-state index >= 15 is 0 Å². The molecule has 6 rings (SSSR count). The molecule has 278 valence electrons. The Balaban J connectivity index is 1.11. The van der Waals surface area contributed by atoms with Gasteiger partial charge >= 0.3 is 5.97 Å². The number of carbonyl (C=O) groups is 2. The summed E-state index contributed by atoms with van der Waals surface area (Å²) >= 11 is 1.57. The van der Waals surface area contributed by atoms with E-state index in [0.29, 0.717) is 49.9 Å². The van der Waals surface area contributed by atoms with E-state index in [2.05, 4.69) is 0 Å². The maximum absolute atomic E-state index is 14.3. The zero-order valence-corrected chi connectivity index (χ0v) is 31.6. The van der Waals surface area contributed by atoms with Gasteiger partial charge in [-0.25, -0.2) is 4.79 Å². The van der Waals surface area contributed by atoms with Gasteiger partial charge in [0, 0.05) is 26.1 Å². The number of esters is 1. The third kappa shape index (κ3) is 11.0. The molecule has 6 aromatic rings. The van der Waals surface area contributed by atoms with Gasteiger partial charge in [0.2, 0.25) is 0 Å². The van der Waals surface area contributed by atoms with Crippen molar-refractivity contribution in [2.75, 3.05) is 33.0 Å². The van der Waals surface area contributed by atoms with E-state index in [1.807, 2.05) is 124 Å². The van der Waals surface area contributed by atoms with Crippen LogP contribution in [0.15, 0.2) is 127 Å². The molecule has 0 aliphatic heterocycles. The van der Waals surface area contributed by atoms with Crippen LogP contribution in [0.1, 0.15) is 47.8 Å². The molecule has 0 N–H and O–H groups in total. The van der Waals surface area contributed by atoms with Crippen molar-refractivity contribution in [1.82, 2.24) is 0 Å². The number of carbonyl (C=O) groups excluding carboxylic acids is 2. The van der Waals surface area contributed by atoms with Crippen molar-refractivity contribution in [3.63, 3.8) is 0 Å². The Bertz CT molecular complexity index is 2100. The van der Waals surface area contributed by atoms with E-state index in [4.69, 9.17) is 28.4 Å². The van der Waals surface area contributed by atoms with Crippen molar-refractivity contribution in [2.45, 2.75) is 39.6 Å². The average molecular weight is 745 g/mol. The van der Waals surface area contributed by atoms with Gasteiger partial charge in [0.15, 0.2) is 5.78 Å². The highest BCUT2D eigenvalue weighted by Crippen LogP contribution is 2.42. The van der Waals surface area contributed by atoms with Crippen LogP contribution in [0.2, 0.25) is 0 Å². The first kappa shape index (κ1) is 38.3. The number of ether oxygens (including phenoxy) is 6. The Morgan fingerprint density at radius 2 is 1.15 bits per heavy atom. The quantitative estimate of drug-likeness (QED) is 0.0489. The van der Waals surface area contributed by atoms with E-state index in [1.165, 1.54) is 0 Å². The Labute approximate surface area is 320 Å². The Kier molecular flexibility index (Phi) is 13.1. The second-order valence-electron chi connectivity index (χ2n) is 13.5. The second-order valence-corrected chi connectivity index (χ2v) is 14.5. The standard InChI is InChI=1S/C45H44O8S/c1-45(2,3)53-41(46)31-49-25-24-48-26-27-50-36-18-14-34(15-19-36)43(47)42-39-23-22-38(52-30-33-12-8-5-9-13-33)28-40(39)54-44(42)35-16-20-37(21-17-35)51-29-32-10-6-4-7-11-32/h4-23,28H,24-27,29-31H2,1-3H3. The molecule has 9 heteroatoms. The third-order valence-electron chi connectivity index (χ3n) is 8.13. The number of fused-ring (bicyclic) bond motifs is 1. The monoisotopic (exact) mass is 744 g/mol. The minimum Gasteiger partial charge on any atom is -0.491 e. The maximum atomic E-state index is 14.3. The predicted octanol–water partition coefficient (Wildman–Crippen LogP) is 9.71. The van der Waals surface area contributed by atoms with Gasteiger partial charge in [-0.3, -0.25) is 4.79 Å². The molecular weight excluding hydrogens is 701 g/mol. The highest BCUT2D eigenvalue weighted by Gasteiger charge is 2.22. The maximum Gasteiger partial charge on any atom is 0.332 e. The lowest BCUT2D eigenvalue weighted by atomic mass is 9.97. The molecule has 8 nitrogen and oxygen atoms in total. The van der Waals surface area contributed by atoms with E-state index in [0.717, 1.165) is 43.2 Å². The van der Waals surface area contributed by atoms with Crippen LogP contribution in [0, 0.1) is 0 Å². The van der Waals surface area contributed by atoms with Crippen molar-refractivity contribution in [2.24, 2.45) is 0 Å². The minimum atomic E-state index is -0.545. The van der Waals surface area contributed by atoms with Crippen LogP contribution < -0.4 is 14.2 Å². The molecule has 1 heterocycles. The fourth-order valence-corrected chi connectivity index (χ4v) is 6.83. The van der Waals surface area contributed by atoms with Crippen LogP contribution in [0.25, 0.3) is 20.5 Å². The van der Waals surface area contributed by atoms with Gasteiger partial charge < -0.3 is 28.4 Å². The fraction of sp³-hybridized carbons (Fsp3) is 0.244. The van der Waals surface area contributed by atoms with Crippen molar-refractivity contribution in [3.05, 3.63) is 150 Å². The first-order valence-corrected chi connectivity index (χ1v) is 18.7. The summed E-state index contributed by atoms with van der Waals surface area (Å²) in [6.07, 6.45) is 0. The minimum absolute atomic E-state index is 0.0835. The Morgan fingerprint density at radius 3 is 1.80 bits per heavy atom. The number of ketones is 1. The average Bonchev–Trinajstić information content (AvgIpc) is 3.56. The van der Waals surface area contributed by atoms with E-state index < -0.39 is 11.6 Å². The lowest BCUT2D eigenvalue weighted by Crippen LogP contribution is -2.27. The van der Waals surface area contributed by atoms with Crippen molar-refractivity contribution in [3.8, 4) is 27.7 Å². The van der Waals surface area contributed by atoms with Crippen LogP contribution in [0.3, 0.4) is 0 Å². The molecule has 1 aromatic heterocycles. The lowest BCUT2D eigenvalue weighted by molar-refractivity contribution is -0.160. The molecule has 0 aliphatic rings. The fourth-order valence-electron chi connectivity index (χ4n) is 5.59. The van der Waals surface area contributed by atoms with Gasteiger partial charge in [0.05, 0.1) is 19.8 Å². The molecule has 0 unspecified atom stereocenters. The molecule has 0 fully saturated rings. The van der Waals surface area contributed by atoms with Crippen LogP contribution in [-0.2, 0) is 32.2 Å². The molecule has 0 atom stereocenters. The summed E-state index contributed by atoms with van der Waals surface area (Å²) in [6.45, 7) is 7.48. The normalized spacial score (nSPS) is 11.3. The van der Waals surface area contributed by atoms with Gasteiger partial charge in [-0.1, -0.05) is 60.7 Å². The number of rotatable bonds is 18. The lowest BCUT2D eigenvalue weighted by Gasteiger charge is -2.19. The molecular formula is C45H44O8S. The molecule has 0 spiro atoms. The van der Waals surface area contributed by atoms with Crippen LogP contribution >= 0.6 is 11.3 Å². The van der Waals surface area contributed by atoms with Gasteiger partial charge in [-0.15, -0.1) is 11.3 Å². The third-order valence-corrected chi connectivity index (χ3v) is 9.33. The van der Waals surface area contributed by atoms with Crippen molar-refractivity contribution >= 4 is 33.2 Å². The largest absolute Gasteiger partial charge is 0.491 e. The Hall–Kier alpha value is -5.48. The molecule has 0 radical (unpaired) electrons. The molecule has 0 saturated heterocycles. The SMILES string of the molecule is CC(C)(C)OC(=O)COCCOCCOc1ccc(C(=O)c2c(-c3ccc(OCc4ccccc4)cc3)sc3cc(OCc4ccccc4)ccc23)cc1. The first-order valence-electron chi connectivity index (χ1n) is 17.9. The van der Waals surface area contributed by atoms with E-state index in [9.17, 15) is 9.59 Å². The van der Waals surface area contributed by atoms with Crippen LogP contribution in [0.5, 0.6) is 17.2 Å². The summed E-state index contributed by atoms with van der Waals surface area (Å²) in [7, 11) is 0. The number of thiophene rings is 1. The smallest absolute Gasteiger partial charge is 0.332 e. The van der Waals surface area contributed by atoms with Gasteiger partial charge in [-0.2, -0.15) is 0 Å². The van der Waals surface area contributed by atoms with Crippen LogP contribution in [0.4, 0.5) is 0 Å². The zero-order valence-electron chi connectivity index (χ0n) is 30.7. The molecule has 0 aliphatic carbocycles. The zero-order chi connectivity index (χ0) is 37.8.